The minimum absolute atomic E-state index is 0.432. The molecule has 1 saturated heterocycles. The van der Waals surface area contributed by atoms with Crippen molar-refractivity contribution in [2.45, 2.75) is 52.6 Å². The van der Waals surface area contributed by atoms with Gasteiger partial charge in [-0.2, -0.15) is 0 Å². The Morgan fingerprint density at radius 3 is 2.50 bits per heavy atom. The number of nitrogens with zero attached hydrogens (tertiary/aromatic N) is 1. The van der Waals surface area contributed by atoms with Crippen molar-refractivity contribution in [1.29, 1.82) is 0 Å². The van der Waals surface area contributed by atoms with E-state index in [1.807, 2.05) is 6.92 Å². The smallest absolute Gasteiger partial charge is 0.309 e. The third-order valence-corrected chi connectivity index (χ3v) is 3.79. The van der Waals surface area contributed by atoms with E-state index in [0.29, 0.717) is 6.10 Å². The summed E-state index contributed by atoms with van der Waals surface area (Å²) < 4.78 is 5.62. The van der Waals surface area contributed by atoms with Crippen molar-refractivity contribution in [1.82, 2.24) is 4.90 Å². The molecule has 1 N–H and O–H groups in total. The van der Waals surface area contributed by atoms with Crippen LogP contribution in [0.3, 0.4) is 0 Å². The maximum absolute atomic E-state index is 11.0. The van der Waals surface area contributed by atoms with Crippen molar-refractivity contribution >= 4 is 5.97 Å². The fraction of sp³-hybridized carbons (Fsp3) is 0.929. The average molecular weight is 257 g/mol. The lowest BCUT2D eigenvalue weighted by Gasteiger charge is -2.32. The predicted molar refractivity (Wildman–Crippen MR) is 71.7 cm³/mol. The van der Waals surface area contributed by atoms with Gasteiger partial charge >= 0.3 is 5.97 Å². The molecule has 0 spiro atoms. The van der Waals surface area contributed by atoms with E-state index in [2.05, 4.69) is 4.90 Å². The SMILES string of the molecule is CCOC1CCN(CCCC(C)(C)C(=O)O)CC1. The van der Waals surface area contributed by atoms with Gasteiger partial charge < -0.3 is 14.7 Å². The van der Waals surface area contributed by atoms with E-state index in [9.17, 15) is 4.79 Å². The van der Waals surface area contributed by atoms with Crippen LogP contribution in [-0.2, 0) is 9.53 Å². The first kappa shape index (κ1) is 15.4. The molecule has 0 aromatic heterocycles. The highest BCUT2D eigenvalue weighted by molar-refractivity contribution is 5.73. The fourth-order valence-electron chi connectivity index (χ4n) is 2.39. The van der Waals surface area contributed by atoms with Gasteiger partial charge in [0, 0.05) is 19.7 Å². The monoisotopic (exact) mass is 257 g/mol. The molecule has 0 amide bonds. The average Bonchev–Trinajstić information content (AvgIpc) is 2.31. The molecule has 4 heteroatoms. The summed E-state index contributed by atoms with van der Waals surface area (Å²) in [6, 6.07) is 0. The van der Waals surface area contributed by atoms with Crippen LogP contribution in [0.25, 0.3) is 0 Å². The first-order valence-electron chi connectivity index (χ1n) is 7.03. The molecular weight excluding hydrogens is 230 g/mol. The summed E-state index contributed by atoms with van der Waals surface area (Å²) in [5.41, 5.74) is -0.594. The highest BCUT2D eigenvalue weighted by Crippen LogP contribution is 2.23. The summed E-state index contributed by atoms with van der Waals surface area (Å²) in [7, 11) is 0. The Balaban J connectivity index is 2.16. The Labute approximate surface area is 110 Å². The molecule has 0 bridgehead atoms. The Hall–Kier alpha value is -0.610. The zero-order valence-corrected chi connectivity index (χ0v) is 11.9. The number of ether oxygens (including phenoxy) is 1. The lowest BCUT2D eigenvalue weighted by molar-refractivity contribution is -0.147. The second-order valence-corrected chi connectivity index (χ2v) is 5.79. The molecule has 0 atom stereocenters. The Morgan fingerprint density at radius 2 is 2.00 bits per heavy atom. The third-order valence-electron chi connectivity index (χ3n) is 3.79. The van der Waals surface area contributed by atoms with Crippen LogP contribution in [0.4, 0.5) is 0 Å². The molecule has 0 unspecified atom stereocenters. The summed E-state index contributed by atoms with van der Waals surface area (Å²) in [6.07, 6.45) is 4.35. The predicted octanol–water partition coefficient (Wildman–Crippen LogP) is 2.38. The molecule has 0 radical (unpaired) electrons. The minimum atomic E-state index is -0.697. The maximum atomic E-state index is 11.0. The highest BCUT2D eigenvalue weighted by Gasteiger charge is 2.27. The van der Waals surface area contributed by atoms with Gasteiger partial charge in [-0.1, -0.05) is 0 Å². The Bertz CT molecular complexity index is 258. The van der Waals surface area contributed by atoms with Crippen LogP contribution in [0.15, 0.2) is 0 Å². The van der Waals surface area contributed by atoms with E-state index in [1.165, 1.54) is 0 Å². The first-order chi connectivity index (χ1) is 8.45. The number of carboxylic acid groups (broad SMARTS) is 1. The largest absolute Gasteiger partial charge is 0.481 e. The molecule has 1 heterocycles. The quantitative estimate of drug-likeness (QED) is 0.760. The minimum Gasteiger partial charge on any atom is -0.481 e. The number of likely N-dealkylation sites (tertiary alicyclic amines) is 1. The topological polar surface area (TPSA) is 49.8 Å². The van der Waals surface area contributed by atoms with Gasteiger partial charge in [0.2, 0.25) is 0 Å². The lowest BCUT2D eigenvalue weighted by Crippen LogP contribution is -2.38. The van der Waals surface area contributed by atoms with Crippen molar-refractivity contribution in [3.05, 3.63) is 0 Å². The van der Waals surface area contributed by atoms with E-state index in [4.69, 9.17) is 9.84 Å². The van der Waals surface area contributed by atoms with Gasteiger partial charge in [0.15, 0.2) is 0 Å². The van der Waals surface area contributed by atoms with Crippen LogP contribution in [0, 0.1) is 5.41 Å². The molecular formula is C14H27NO3. The number of carbonyl (C=O) groups is 1. The van der Waals surface area contributed by atoms with Crippen molar-refractivity contribution in [2.75, 3.05) is 26.2 Å². The third kappa shape index (κ3) is 4.94. The van der Waals surface area contributed by atoms with Gasteiger partial charge in [-0.05, 0) is 53.0 Å². The standard InChI is InChI=1S/C14H27NO3/c1-4-18-12-6-10-15(11-7-12)9-5-8-14(2,3)13(16)17/h12H,4-11H2,1-3H3,(H,16,17). The molecule has 106 valence electrons. The number of rotatable bonds is 7. The van der Waals surface area contributed by atoms with Crippen molar-refractivity contribution in [3.8, 4) is 0 Å². The summed E-state index contributed by atoms with van der Waals surface area (Å²) >= 11 is 0. The summed E-state index contributed by atoms with van der Waals surface area (Å²) in [5, 5.41) is 9.04. The van der Waals surface area contributed by atoms with Crippen molar-refractivity contribution < 1.29 is 14.6 Å². The zero-order chi connectivity index (χ0) is 13.6. The maximum Gasteiger partial charge on any atom is 0.309 e. The molecule has 0 saturated carbocycles. The van der Waals surface area contributed by atoms with Crippen LogP contribution in [0.1, 0.15) is 46.5 Å². The van der Waals surface area contributed by atoms with E-state index in [-0.39, 0.29) is 0 Å². The van der Waals surface area contributed by atoms with Gasteiger partial charge in [-0.3, -0.25) is 4.79 Å². The zero-order valence-electron chi connectivity index (χ0n) is 11.9. The number of aliphatic carboxylic acids is 1. The van der Waals surface area contributed by atoms with Gasteiger partial charge in [-0.25, -0.2) is 0 Å². The molecule has 1 fully saturated rings. The van der Waals surface area contributed by atoms with E-state index >= 15 is 0 Å². The van der Waals surface area contributed by atoms with Gasteiger partial charge in [0.05, 0.1) is 11.5 Å². The highest BCUT2D eigenvalue weighted by atomic mass is 16.5. The van der Waals surface area contributed by atoms with Crippen LogP contribution in [0.5, 0.6) is 0 Å². The summed E-state index contributed by atoms with van der Waals surface area (Å²) in [5.74, 6) is -0.697. The Morgan fingerprint density at radius 1 is 1.39 bits per heavy atom. The number of piperidine rings is 1. The number of hydrogen-bond donors (Lipinski definition) is 1. The molecule has 1 aliphatic heterocycles. The molecule has 0 aromatic carbocycles. The molecule has 0 aromatic rings. The number of carboxylic acids is 1. The molecule has 1 rings (SSSR count). The fourth-order valence-corrected chi connectivity index (χ4v) is 2.39. The Kier molecular flexibility index (Phi) is 6.09. The lowest BCUT2D eigenvalue weighted by atomic mass is 9.88. The second-order valence-electron chi connectivity index (χ2n) is 5.79. The van der Waals surface area contributed by atoms with Crippen LogP contribution in [-0.4, -0.2) is 48.3 Å². The van der Waals surface area contributed by atoms with Crippen molar-refractivity contribution in [3.63, 3.8) is 0 Å². The van der Waals surface area contributed by atoms with Gasteiger partial charge in [0.1, 0.15) is 0 Å². The van der Waals surface area contributed by atoms with Crippen LogP contribution >= 0.6 is 0 Å². The van der Waals surface area contributed by atoms with Gasteiger partial charge in [0.25, 0.3) is 0 Å². The van der Waals surface area contributed by atoms with Gasteiger partial charge in [-0.15, -0.1) is 0 Å². The van der Waals surface area contributed by atoms with Crippen molar-refractivity contribution in [2.24, 2.45) is 5.41 Å². The summed E-state index contributed by atoms with van der Waals surface area (Å²) in [6.45, 7) is 9.62. The van der Waals surface area contributed by atoms with E-state index in [0.717, 1.165) is 51.9 Å². The normalized spacial score (nSPS) is 19.1. The number of hydrogen-bond acceptors (Lipinski definition) is 3. The molecule has 1 aliphatic rings. The van der Waals surface area contributed by atoms with E-state index < -0.39 is 11.4 Å². The summed E-state index contributed by atoms with van der Waals surface area (Å²) in [4.78, 5) is 13.4. The molecule has 18 heavy (non-hydrogen) atoms. The van der Waals surface area contributed by atoms with Crippen LogP contribution in [0.2, 0.25) is 0 Å². The first-order valence-corrected chi connectivity index (χ1v) is 7.03. The second kappa shape index (κ2) is 7.10. The molecule has 0 aliphatic carbocycles. The molecule has 4 nitrogen and oxygen atoms in total. The van der Waals surface area contributed by atoms with E-state index in [1.54, 1.807) is 13.8 Å². The van der Waals surface area contributed by atoms with Crippen LogP contribution < -0.4 is 0 Å².